The molecule has 1 heterocycles. The zero-order valence-corrected chi connectivity index (χ0v) is 13.2. The summed E-state index contributed by atoms with van der Waals surface area (Å²) in [7, 11) is 1.56. The summed E-state index contributed by atoms with van der Waals surface area (Å²) >= 11 is 16.5. The Bertz CT molecular complexity index is 571. The zero-order chi connectivity index (χ0) is 13.3. The molecule has 0 aliphatic heterocycles. The van der Waals surface area contributed by atoms with Crippen molar-refractivity contribution in [3.8, 4) is 5.75 Å². The van der Waals surface area contributed by atoms with Gasteiger partial charge in [0.25, 0.3) is 0 Å². The molecule has 0 saturated carbocycles. The van der Waals surface area contributed by atoms with Crippen molar-refractivity contribution in [2.24, 2.45) is 0 Å². The third-order valence-corrected chi connectivity index (χ3v) is 4.48. The summed E-state index contributed by atoms with van der Waals surface area (Å²) in [5.41, 5.74) is 1.23. The summed E-state index contributed by atoms with van der Waals surface area (Å²) < 4.78 is 7.12. The van der Waals surface area contributed by atoms with Crippen LogP contribution in [-0.4, -0.2) is 12.2 Å². The van der Waals surface area contributed by atoms with Crippen molar-refractivity contribution in [2.75, 3.05) is 7.11 Å². The van der Waals surface area contributed by atoms with E-state index in [2.05, 4.69) is 15.9 Å². The molecule has 1 atom stereocenters. The van der Waals surface area contributed by atoms with Crippen LogP contribution >= 0.6 is 50.5 Å². The molecule has 0 bridgehead atoms. The van der Waals surface area contributed by atoms with Crippen LogP contribution < -0.4 is 4.74 Å². The number of ether oxygens (including phenoxy) is 1. The molecule has 0 spiro atoms. The van der Waals surface area contributed by atoms with Gasteiger partial charge in [-0.25, -0.2) is 0 Å². The second kappa shape index (κ2) is 5.80. The smallest absolute Gasteiger partial charge is 0.125 e. The van der Waals surface area contributed by atoms with E-state index in [1.54, 1.807) is 25.3 Å². The molecular weight excluding hydrogens is 359 g/mol. The molecule has 6 heteroatoms. The molecule has 96 valence electrons. The van der Waals surface area contributed by atoms with Gasteiger partial charge < -0.3 is 9.84 Å². The SMILES string of the molecule is COc1ccc(Br)cc1C(O)c1cc(Cl)sc1Cl. The molecule has 2 aromatic rings. The summed E-state index contributed by atoms with van der Waals surface area (Å²) in [5.74, 6) is 0.601. The zero-order valence-electron chi connectivity index (χ0n) is 9.28. The average molecular weight is 368 g/mol. The minimum atomic E-state index is -0.867. The number of halogens is 3. The third-order valence-electron chi connectivity index (χ3n) is 2.46. The third kappa shape index (κ3) is 2.83. The highest BCUT2D eigenvalue weighted by Crippen LogP contribution is 2.40. The minimum absolute atomic E-state index is 0.481. The molecule has 0 saturated heterocycles. The first-order valence-electron chi connectivity index (χ1n) is 4.99. The van der Waals surface area contributed by atoms with E-state index < -0.39 is 6.10 Å². The lowest BCUT2D eigenvalue weighted by atomic mass is 10.0. The lowest BCUT2D eigenvalue weighted by Gasteiger charge is -2.14. The molecular formula is C12H9BrCl2O2S. The van der Waals surface area contributed by atoms with E-state index in [1.807, 2.05) is 6.07 Å². The maximum Gasteiger partial charge on any atom is 0.125 e. The molecule has 2 rings (SSSR count). The highest BCUT2D eigenvalue weighted by atomic mass is 79.9. The highest BCUT2D eigenvalue weighted by Gasteiger charge is 2.20. The van der Waals surface area contributed by atoms with Gasteiger partial charge in [0.15, 0.2) is 0 Å². The van der Waals surface area contributed by atoms with Crippen molar-refractivity contribution in [1.29, 1.82) is 0 Å². The molecule has 1 N–H and O–H groups in total. The number of aliphatic hydroxyl groups excluding tert-OH is 1. The van der Waals surface area contributed by atoms with Crippen molar-refractivity contribution in [3.05, 3.63) is 48.5 Å². The predicted octanol–water partition coefficient (Wildman–Crippen LogP) is 4.91. The van der Waals surface area contributed by atoms with E-state index in [4.69, 9.17) is 27.9 Å². The maximum absolute atomic E-state index is 10.4. The van der Waals surface area contributed by atoms with Crippen LogP contribution in [0.1, 0.15) is 17.2 Å². The number of hydrogen-bond donors (Lipinski definition) is 1. The highest BCUT2D eigenvalue weighted by molar-refractivity contribution is 9.10. The molecule has 1 unspecified atom stereocenters. The van der Waals surface area contributed by atoms with Crippen LogP contribution in [0, 0.1) is 0 Å². The van der Waals surface area contributed by atoms with E-state index in [0.717, 1.165) is 4.47 Å². The lowest BCUT2D eigenvalue weighted by molar-refractivity contribution is 0.215. The van der Waals surface area contributed by atoms with Crippen LogP contribution in [0.5, 0.6) is 5.75 Å². The Kier molecular flexibility index (Phi) is 4.56. The quantitative estimate of drug-likeness (QED) is 0.835. The number of rotatable bonds is 3. The van der Waals surface area contributed by atoms with Gasteiger partial charge in [-0.1, -0.05) is 39.1 Å². The largest absolute Gasteiger partial charge is 0.496 e. The lowest BCUT2D eigenvalue weighted by Crippen LogP contribution is -2.01. The molecule has 0 aliphatic carbocycles. The monoisotopic (exact) mass is 366 g/mol. The van der Waals surface area contributed by atoms with Crippen molar-refractivity contribution in [2.45, 2.75) is 6.10 Å². The molecule has 0 radical (unpaired) electrons. The maximum atomic E-state index is 10.4. The van der Waals surface area contributed by atoms with Crippen LogP contribution in [0.2, 0.25) is 8.67 Å². The number of hydrogen-bond acceptors (Lipinski definition) is 3. The Hall–Kier alpha value is -0.260. The Morgan fingerprint density at radius 3 is 2.56 bits per heavy atom. The van der Waals surface area contributed by atoms with Crippen LogP contribution in [0.4, 0.5) is 0 Å². The Balaban J connectivity index is 2.48. The van der Waals surface area contributed by atoms with Gasteiger partial charge in [-0.05, 0) is 24.3 Å². The minimum Gasteiger partial charge on any atom is -0.496 e. The summed E-state index contributed by atoms with van der Waals surface area (Å²) in [6.45, 7) is 0. The van der Waals surface area contributed by atoms with E-state index in [1.165, 1.54) is 11.3 Å². The first-order chi connectivity index (χ1) is 8.52. The van der Waals surface area contributed by atoms with Crippen molar-refractivity contribution >= 4 is 50.5 Å². The van der Waals surface area contributed by atoms with Crippen LogP contribution in [0.15, 0.2) is 28.7 Å². The Morgan fingerprint density at radius 2 is 2.00 bits per heavy atom. The van der Waals surface area contributed by atoms with Gasteiger partial charge in [-0.15, -0.1) is 11.3 Å². The first kappa shape index (κ1) is 14.2. The standard InChI is InChI=1S/C12H9BrCl2O2S/c1-17-9-3-2-6(13)4-7(9)11(16)8-5-10(14)18-12(8)15/h2-5,11,16H,1H3. The molecule has 0 aliphatic rings. The number of aliphatic hydroxyl groups is 1. The van der Waals surface area contributed by atoms with Gasteiger partial charge in [0.1, 0.15) is 16.2 Å². The number of methoxy groups -OCH3 is 1. The fraction of sp³-hybridized carbons (Fsp3) is 0.167. The van der Waals surface area contributed by atoms with E-state index in [0.29, 0.717) is 25.5 Å². The number of thiophene rings is 1. The van der Waals surface area contributed by atoms with E-state index in [9.17, 15) is 5.11 Å². The van der Waals surface area contributed by atoms with Gasteiger partial charge in [0.2, 0.25) is 0 Å². The molecule has 0 amide bonds. The summed E-state index contributed by atoms with van der Waals surface area (Å²) in [5, 5.41) is 10.4. The summed E-state index contributed by atoms with van der Waals surface area (Å²) in [6, 6.07) is 7.09. The fourth-order valence-corrected chi connectivity index (χ4v) is 3.52. The van der Waals surface area contributed by atoms with E-state index in [-0.39, 0.29) is 0 Å². The average Bonchev–Trinajstić information content (AvgIpc) is 2.67. The van der Waals surface area contributed by atoms with Crippen LogP contribution in [0.25, 0.3) is 0 Å². The molecule has 2 nitrogen and oxygen atoms in total. The van der Waals surface area contributed by atoms with Gasteiger partial charge in [-0.3, -0.25) is 0 Å². The van der Waals surface area contributed by atoms with Crippen LogP contribution in [0.3, 0.4) is 0 Å². The van der Waals surface area contributed by atoms with Crippen molar-refractivity contribution in [3.63, 3.8) is 0 Å². The van der Waals surface area contributed by atoms with Gasteiger partial charge >= 0.3 is 0 Å². The molecule has 0 fully saturated rings. The molecule has 1 aromatic heterocycles. The summed E-state index contributed by atoms with van der Waals surface area (Å²) in [4.78, 5) is 0. The normalized spacial score (nSPS) is 12.5. The first-order valence-corrected chi connectivity index (χ1v) is 7.35. The van der Waals surface area contributed by atoms with Gasteiger partial charge in [0, 0.05) is 15.6 Å². The van der Waals surface area contributed by atoms with E-state index >= 15 is 0 Å². The van der Waals surface area contributed by atoms with Gasteiger partial charge in [-0.2, -0.15) is 0 Å². The Morgan fingerprint density at radius 1 is 1.28 bits per heavy atom. The van der Waals surface area contributed by atoms with Crippen LogP contribution in [-0.2, 0) is 0 Å². The second-order valence-electron chi connectivity index (χ2n) is 3.57. The summed E-state index contributed by atoms with van der Waals surface area (Å²) in [6.07, 6.45) is -0.867. The number of benzene rings is 1. The molecule has 18 heavy (non-hydrogen) atoms. The topological polar surface area (TPSA) is 29.5 Å². The second-order valence-corrected chi connectivity index (χ2v) is 6.77. The molecule has 1 aromatic carbocycles. The fourth-order valence-electron chi connectivity index (χ4n) is 1.63. The Labute approximate surface area is 127 Å². The van der Waals surface area contributed by atoms with Crippen molar-refractivity contribution < 1.29 is 9.84 Å². The van der Waals surface area contributed by atoms with Gasteiger partial charge in [0.05, 0.1) is 11.4 Å². The van der Waals surface area contributed by atoms with Crippen molar-refractivity contribution in [1.82, 2.24) is 0 Å². The predicted molar refractivity (Wildman–Crippen MR) is 79.1 cm³/mol.